The third-order valence-corrected chi connectivity index (χ3v) is 3.43. The predicted molar refractivity (Wildman–Crippen MR) is 66.8 cm³/mol. The molecule has 1 aliphatic rings. The molecule has 108 valence electrons. The van der Waals surface area contributed by atoms with Crippen LogP contribution in [0.15, 0.2) is 0 Å². The Morgan fingerprint density at radius 1 is 1.42 bits per heavy atom. The minimum Gasteiger partial charge on any atom is -0.469 e. The van der Waals surface area contributed by atoms with Gasteiger partial charge in [0.2, 0.25) is 5.91 Å². The Bertz CT molecular complexity index is 342. The summed E-state index contributed by atoms with van der Waals surface area (Å²) >= 11 is 0. The molecule has 1 heterocycles. The molecule has 0 saturated carbocycles. The zero-order valence-corrected chi connectivity index (χ0v) is 11.6. The molecule has 0 aromatic rings. The fourth-order valence-corrected chi connectivity index (χ4v) is 2.28. The molecule has 0 aliphatic carbocycles. The van der Waals surface area contributed by atoms with Crippen molar-refractivity contribution < 1.29 is 23.9 Å². The molecule has 0 unspecified atom stereocenters. The van der Waals surface area contributed by atoms with Gasteiger partial charge in [0.05, 0.1) is 19.4 Å². The molecule has 0 aromatic carbocycles. The second-order valence-corrected chi connectivity index (χ2v) is 4.99. The molecule has 6 nitrogen and oxygen atoms in total. The number of hydrogen-bond acceptors (Lipinski definition) is 5. The monoisotopic (exact) mass is 271 g/mol. The van der Waals surface area contributed by atoms with Crippen LogP contribution in [-0.2, 0) is 23.9 Å². The first-order chi connectivity index (χ1) is 9.01. The SMILES string of the molecule is COC(=O)C[C@H](C(=O)N1CCC[C@H]1OC=O)C(C)C. The van der Waals surface area contributed by atoms with Crippen molar-refractivity contribution in [1.29, 1.82) is 0 Å². The summed E-state index contributed by atoms with van der Waals surface area (Å²) in [6.07, 6.45) is 1.00. The summed E-state index contributed by atoms with van der Waals surface area (Å²) < 4.78 is 9.53. The number of methoxy groups -OCH3 is 1. The number of nitrogens with zero attached hydrogens (tertiary/aromatic N) is 1. The van der Waals surface area contributed by atoms with Gasteiger partial charge in [0.1, 0.15) is 0 Å². The van der Waals surface area contributed by atoms with Gasteiger partial charge in [-0.2, -0.15) is 0 Å². The van der Waals surface area contributed by atoms with Crippen LogP contribution in [0, 0.1) is 11.8 Å². The summed E-state index contributed by atoms with van der Waals surface area (Å²) in [5.74, 6) is -0.976. The van der Waals surface area contributed by atoms with Crippen LogP contribution in [0.25, 0.3) is 0 Å². The van der Waals surface area contributed by atoms with Crippen LogP contribution in [0.2, 0.25) is 0 Å². The fourth-order valence-electron chi connectivity index (χ4n) is 2.28. The highest BCUT2D eigenvalue weighted by Crippen LogP contribution is 2.25. The standard InChI is InChI=1S/C13H21NO5/c1-9(2)10(7-12(16)18-3)13(17)14-6-4-5-11(14)19-8-15/h8-11H,4-7H2,1-3H3/t10-,11+/m0/s1. The van der Waals surface area contributed by atoms with E-state index in [-0.39, 0.29) is 18.2 Å². The maximum Gasteiger partial charge on any atom is 0.306 e. The smallest absolute Gasteiger partial charge is 0.306 e. The molecule has 1 saturated heterocycles. The molecular weight excluding hydrogens is 250 g/mol. The third kappa shape index (κ3) is 3.94. The van der Waals surface area contributed by atoms with Gasteiger partial charge in [-0.15, -0.1) is 0 Å². The maximum absolute atomic E-state index is 12.4. The lowest BCUT2D eigenvalue weighted by atomic mass is 9.91. The Kier molecular flexibility index (Phi) is 5.79. The molecule has 0 N–H and O–H groups in total. The van der Waals surface area contributed by atoms with E-state index in [2.05, 4.69) is 4.74 Å². The van der Waals surface area contributed by atoms with Gasteiger partial charge in [0.25, 0.3) is 6.47 Å². The van der Waals surface area contributed by atoms with Crippen molar-refractivity contribution in [3.05, 3.63) is 0 Å². The fraction of sp³-hybridized carbons (Fsp3) is 0.769. The molecule has 0 spiro atoms. The molecule has 6 heteroatoms. The third-order valence-electron chi connectivity index (χ3n) is 3.43. The average Bonchev–Trinajstić information content (AvgIpc) is 2.83. The molecule has 1 amide bonds. The first-order valence-electron chi connectivity index (χ1n) is 6.47. The van der Waals surface area contributed by atoms with Crippen molar-refractivity contribution in [2.24, 2.45) is 11.8 Å². The number of amides is 1. The first kappa shape index (κ1) is 15.5. The van der Waals surface area contributed by atoms with Crippen LogP contribution in [-0.4, -0.2) is 43.1 Å². The lowest BCUT2D eigenvalue weighted by Gasteiger charge is -2.28. The number of likely N-dealkylation sites (tertiary alicyclic amines) is 1. The van der Waals surface area contributed by atoms with E-state index in [1.807, 2.05) is 13.8 Å². The quantitative estimate of drug-likeness (QED) is 0.531. The van der Waals surface area contributed by atoms with Crippen LogP contribution in [0.5, 0.6) is 0 Å². The van der Waals surface area contributed by atoms with Gasteiger partial charge in [-0.1, -0.05) is 13.8 Å². The molecule has 1 fully saturated rings. The van der Waals surface area contributed by atoms with Gasteiger partial charge in [-0.3, -0.25) is 14.4 Å². The second kappa shape index (κ2) is 7.11. The largest absolute Gasteiger partial charge is 0.469 e. The summed E-state index contributed by atoms with van der Waals surface area (Å²) in [6.45, 7) is 4.69. The molecule has 0 bridgehead atoms. The molecule has 2 atom stereocenters. The first-order valence-corrected chi connectivity index (χ1v) is 6.47. The van der Waals surface area contributed by atoms with Crippen LogP contribution in [0.3, 0.4) is 0 Å². The van der Waals surface area contributed by atoms with Crippen molar-refractivity contribution in [2.75, 3.05) is 13.7 Å². The molecular formula is C13H21NO5. The van der Waals surface area contributed by atoms with E-state index in [4.69, 9.17) is 4.74 Å². The number of carbonyl (C=O) groups excluding carboxylic acids is 3. The zero-order valence-electron chi connectivity index (χ0n) is 11.6. The lowest BCUT2D eigenvalue weighted by molar-refractivity contribution is -0.157. The Balaban J connectivity index is 2.75. The minimum absolute atomic E-state index is 0.0177. The maximum atomic E-state index is 12.4. The van der Waals surface area contributed by atoms with E-state index in [0.29, 0.717) is 19.4 Å². The highest BCUT2D eigenvalue weighted by atomic mass is 16.5. The van der Waals surface area contributed by atoms with Crippen LogP contribution < -0.4 is 0 Å². The molecule has 1 aliphatic heterocycles. The number of hydrogen-bond donors (Lipinski definition) is 0. The van der Waals surface area contributed by atoms with Crippen LogP contribution in [0.4, 0.5) is 0 Å². The van der Waals surface area contributed by atoms with Crippen LogP contribution >= 0.6 is 0 Å². The summed E-state index contributed by atoms with van der Waals surface area (Å²) in [7, 11) is 1.30. The van der Waals surface area contributed by atoms with Gasteiger partial charge in [-0.25, -0.2) is 0 Å². The zero-order chi connectivity index (χ0) is 14.4. The molecule has 1 rings (SSSR count). The van der Waals surface area contributed by atoms with E-state index >= 15 is 0 Å². The minimum atomic E-state index is -0.496. The van der Waals surface area contributed by atoms with Crippen LogP contribution in [0.1, 0.15) is 33.1 Å². The topological polar surface area (TPSA) is 72.9 Å². The summed E-state index contributed by atoms with van der Waals surface area (Å²) in [6, 6.07) is 0. The van der Waals surface area contributed by atoms with Gasteiger partial charge >= 0.3 is 5.97 Å². The highest BCUT2D eigenvalue weighted by molar-refractivity contribution is 5.84. The summed E-state index contributed by atoms with van der Waals surface area (Å²) in [5.41, 5.74) is 0. The van der Waals surface area contributed by atoms with Gasteiger partial charge in [0, 0.05) is 13.0 Å². The van der Waals surface area contributed by atoms with E-state index in [0.717, 1.165) is 6.42 Å². The number of carbonyl (C=O) groups is 3. The highest BCUT2D eigenvalue weighted by Gasteiger charge is 2.36. The van der Waals surface area contributed by atoms with Crippen molar-refractivity contribution in [1.82, 2.24) is 4.90 Å². The number of ether oxygens (including phenoxy) is 2. The van der Waals surface area contributed by atoms with Gasteiger partial charge < -0.3 is 14.4 Å². The van der Waals surface area contributed by atoms with E-state index in [1.165, 1.54) is 7.11 Å². The number of esters is 1. The Hall–Kier alpha value is -1.59. The lowest BCUT2D eigenvalue weighted by Crippen LogP contribution is -2.43. The normalized spacial score (nSPS) is 20.2. The van der Waals surface area contributed by atoms with Crippen molar-refractivity contribution in [3.63, 3.8) is 0 Å². The Morgan fingerprint density at radius 3 is 2.63 bits per heavy atom. The molecule has 0 aromatic heterocycles. The van der Waals surface area contributed by atoms with E-state index in [1.54, 1.807) is 4.90 Å². The van der Waals surface area contributed by atoms with E-state index < -0.39 is 18.1 Å². The van der Waals surface area contributed by atoms with Crippen molar-refractivity contribution >= 4 is 18.3 Å². The summed E-state index contributed by atoms with van der Waals surface area (Å²) in [5, 5.41) is 0. The number of rotatable bonds is 6. The Labute approximate surface area is 113 Å². The van der Waals surface area contributed by atoms with E-state index in [9.17, 15) is 14.4 Å². The average molecular weight is 271 g/mol. The van der Waals surface area contributed by atoms with Crippen molar-refractivity contribution in [3.8, 4) is 0 Å². The van der Waals surface area contributed by atoms with Crippen molar-refractivity contribution in [2.45, 2.75) is 39.3 Å². The van der Waals surface area contributed by atoms with Gasteiger partial charge in [-0.05, 0) is 12.3 Å². The van der Waals surface area contributed by atoms with Gasteiger partial charge in [0.15, 0.2) is 6.23 Å². The molecule has 19 heavy (non-hydrogen) atoms. The Morgan fingerprint density at radius 2 is 2.11 bits per heavy atom. The predicted octanol–water partition coefficient (Wildman–Crippen LogP) is 0.943. The second-order valence-electron chi connectivity index (χ2n) is 4.99. The summed E-state index contributed by atoms with van der Waals surface area (Å²) in [4.78, 5) is 35.8. The molecule has 0 radical (unpaired) electrons.